The number of hydrogen-bond donors (Lipinski definition) is 0. The second-order valence-electron chi connectivity index (χ2n) is 14.2. The molecule has 2 saturated heterocycles. The van der Waals surface area contributed by atoms with Gasteiger partial charge >= 0.3 is 11.8 Å². The van der Waals surface area contributed by atoms with Gasteiger partial charge in [-0.15, -0.1) is 0 Å². The molecule has 0 unspecified atom stereocenters. The van der Waals surface area contributed by atoms with Crippen molar-refractivity contribution in [1.82, 2.24) is 19.0 Å². The molecule has 2 aliphatic heterocycles. The number of fused-ring (bicyclic) bond motifs is 1. The van der Waals surface area contributed by atoms with Crippen molar-refractivity contribution in [2.75, 3.05) is 31.1 Å². The van der Waals surface area contributed by atoms with Gasteiger partial charge in [0.15, 0.2) is 0 Å². The summed E-state index contributed by atoms with van der Waals surface area (Å²) in [5.74, 6) is 0.727. The summed E-state index contributed by atoms with van der Waals surface area (Å²) in [6, 6.07) is 29.6. The van der Waals surface area contributed by atoms with E-state index in [0.29, 0.717) is 30.7 Å². The van der Waals surface area contributed by atoms with Crippen LogP contribution >= 0.6 is 0 Å². The monoisotopic (exact) mass is 661 g/mol. The molecule has 0 atom stereocenters. The SMILES string of the molecule is Cn1c(=O)n(-c2ccc(OCc3ccccc3)nc2OCc2ccccc2)c2ccc(N3CCC4(CC3)CN(C(=O)OC(C)(C)C)C4)cc21. The van der Waals surface area contributed by atoms with Crippen LogP contribution in [0.5, 0.6) is 11.8 Å². The van der Waals surface area contributed by atoms with E-state index in [1.807, 2.05) is 98.5 Å². The molecule has 10 nitrogen and oxygen atoms in total. The van der Waals surface area contributed by atoms with Gasteiger partial charge in [-0.3, -0.25) is 9.13 Å². The second kappa shape index (κ2) is 13.0. The number of piperidine rings is 1. The van der Waals surface area contributed by atoms with Gasteiger partial charge in [0.05, 0.1) is 11.0 Å². The fraction of sp³-hybridized carbons (Fsp3) is 0.359. The first-order valence-corrected chi connectivity index (χ1v) is 16.9. The van der Waals surface area contributed by atoms with Crippen LogP contribution in [-0.2, 0) is 25.0 Å². The predicted molar refractivity (Wildman–Crippen MR) is 190 cm³/mol. The van der Waals surface area contributed by atoms with Crippen molar-refractivity contribution in [1.29, 1.82) is 0 Å². The van der Waals surface area contributed by atoms with Crippen LogP contribution in [0.1, 0.15) is 44.7 Å². The highest BCUT2D eigenvalue weighted by molar-refractivity contribution is 5.82. The molecular weight excluding hydrogens is 618 g/mol. The predicted octanol–water partition coefficient (Wildman–Crippen LogP) is 6.72. The third-order valence-corrected chi connectivity index (χ3v) is 9.44. The van der Waals surface area contributed by atoms with Crippen LogP contribution in [0.3, 0.4) is 0 Å². The highest BCUT2D eigenvalue weighted by Gasteiger charge is 2.47. The van der Waals surface area contributed by atoms with Crippen molar-refractivity contribution in [3.8, 4) is 17.4 Å². The van der Waals surface area contributed by atoms with Gasteiger partial charge in [0.1, 0.15) is 24.5 Å². The quantitative estimate of drug-likeness (QED) is 0.182. The van der Waals surface area contributed by atoms with Crippen molar-refractivity contribution in [3.05, 3.63) is 113 Å². The summed E-state index contributed by atoms with van der Waals surface area (Å²) in [7, 11) is 1.80. The Morgan fingerprint density at radius 3 is 2.08 bits per heavy atom. The minimum atomic E-state index is -0.492. The van der Waals surface area contributed by atoms with Gasteiger partial charge in [0, 0.05) is 50.4 Å². The average Bonchev–Trinajstić information content (AvgIpc) is 3.33. The van der Waals surface area contributed by atoms with E-state index >= 15 is 0 Å². The average molecular weight is 662 g/mol. The maximum Gasteiger partial charge on any atom is 0.410 e. The number of likely N-dealkylation sites (tertiary alicyclic amines) is 1. The van der Waals surface area contributed by atoms with E-state index in [4.69, 9.17) is 19.2 Å². The van der Waals surface area contributed by atoms with E-state index in [1.165, 1.54) is 0 Å². The lowest BCUT2D eigenvalue weighted by Gasteiger charge is -2.54. The zero-order valence-electron chi connectivity index (χ0n) is 28.6. The summed E-state index contributed by atoms with van der Waals surface area (Å²) in [6.07, 6.45) is 1.77. The van der Waals surface area contributed by atoms with E-state index in [1.54, 1.807) is 22.2 Å². The van der Waals surface area contributed by atoms with E-state index in [9.17, 15) is 9.59 Å². The van der Waals surface area contributed by atoms with Crippen LogP contribution in [-0.4, -0.2) is 56.9 Å². The lowest BCUT2D eigenvalue weighted by molar-refractivity contribution is -0.0434. The number of amides is 1. The van der Waals surface area contributed by atoms with Crippen molar-refractivity contribution in [2.45, 2.75) is 52.4 Å². The molecule has 0 saturated carbocycles. The molecular formula is C39H43N5O5. The molecule has 2 aromatic heterocycles. The number of pyridine rings is 1. The summed E-state index contributed by atoms with van der Waals surface area (Å²) < 4.78 is 21.2. The highest BCUT2D eigenvalue weighted by atomic mass is 16.6. The summed E-state index contributed by atoms with van der Waals surface area (Å²) in [5, 5.41) is 0. The van der Waals surface area contributed by atoms with Crippen molar-refractivity contribution < 1.29 is 19.0 Å². The lowest BCUT2D eigenvalue weighted by Crippen LogP contribution is -2.62. The Hall–Kier alpha value is -5.25. The molecule has 1 amide bonds. The Morgan fingerprint density at radius 1 is 0.816 bits per heavy atom. The number of nitrogens with zero attached hydrogens (tertiary/aromatic N) is 5. The largest absolute Gasteiger partial charge is 0.473 e. The number of carbonyl (C=O) groups is 1. The number of imidazole rings is 1. The van der Waals surface area contributed by atoms with E-state index in [-0.39, 0.29) is 17.2 Å². The van der Waals surface area contributed by atoms with E-state index < -0.39 is 5.60 Å². The Kier molecular flexibility index (Phi) is 8.56. The lowest BCUT2D eigenvalue weighted by atomic mass is 9.72. The molecule has 0 aliphatic carbocycles. The molecule has 10 heteroatoms. The summed E-state index contributed by atoms with van der Waals surface area (Å²) in [4.78, 5) is 35.3. The van der Waals surface area contributed by atoms with Crippen LogP contribution in [0.4, 0.5) is 10.5 Å². The number of rotatable bonds is 8. The van der Waals surface area contributed by atoms with Crippen LogP contribution in [0.2, 0.25) is 0 Å². The second-order valence-corrected chi connectivity index (χ2v) is 14.2. The zero-order chi connectivity index (χ0) is 34.2. The molecule has 2 aliphatic rings. The number of benzene rings is 3. The molecule has 7 rings (SSSR count). The fourth-order valence-corrected chi connectivity index (χ4v) is 6.76. The molecule has 2 fully saturated rings. The molecule has 0 radical (unpaired) electrons. The summed E-state index contributed by atoms with van der Waals surface area (Å²) >= 11 is 0. The minimum Gasteiger partial charge on any atom is -0.473 e. The first-order chi connectivity index (χ1) is 23.6. The third kappa shape index (κ3) is 6.86. The Balaban J connectivity index is 1.12. The summed E-state index contributed by atoms with van der Waals surface area (Å²) in [6.45, 7) is 9.59. The maximum atomic E-state index is 13.9. The number of aromatic nitrogens is 3. The topological polar surface area (TPSA) is 91.1 Å². The smallest absolute Gasteiger partial charge is 0.410 e. The van der Waals surface area contributed by atoms with E-state index in [2.05, 4.69) is 17.0 Å². The van der Waals surface area contributed by atoms with Crippen LogP contribution in [0.15, 0.2) is 95.8 Å². The van der Waals surface area contributed by atoms with Gasteiger partial charge in [-0.1, -0.05) is 60.7 Å². The first-order valence-electron chi connectivity index (χ1n) is 16.9. The Bertz CT molecular complexity index is 2000. The maximum absolute atomic E-state index is 13.9. The standard InChI is InChI=1S/C39H43N5O5/c1-38(2,3)49-37(46)43-26-39(27-43)19-21-42(22-20-39)30-15-16-31-33(23-30)41(4)36(45)44(31)32-17-18-34(47-24-28-11-7-5-8-12-28)40-35(32)48-25-29-13-9-6-10-14-29/h5-18,23H,19-22,24-27H2,1-4H3. The van der Waals surface area contributed by atoms with Crippen LogP contribution in [0.25, 0.3) is 16.7 Å². The Labute approximate surface area is 286 Å². The van der Waals surface area contributed by atoms with Gasteiger partial charge in [0.25, 0.3) is 0 Å². The number of ether oxygens (including phenoxy) is 3. The van der Waals surface area contributed by atoms with Gasteiger partial charge in [-0.2, -0.15) is 4.98 Å². The van der Waals surface area contributed by atoms with Gasteiger partial charge in [-0.25, -0.2) is 9.59 Å². The van der Waals surface area contributed by atoms with Crippen molar-refractivity contribution >= 4 is 22.8 Å². The van der Waals surface area contributed by atoms with Crippen LogP contribution < -0.4 is 20.1 Å². The first kappa shape index (κ1) is 32.3. The van der Waals surface area contributed by atoms with Gasteiger partial charge in [0.2, 0.25) is 11.8 Å². The zero-order valence-corrected chi connectivity index (χ0v) is 28.6. The van der Waals surface area contributed by atoms with Crippen molar-refractivity contribution in [3.63, 3.8) is 0 Å². The highest BCUT2D eigenvalue weighted by Crippen LogP contribution is 2.42. The normalized spacial score (nSPS) is 15.7. The molecule has 254 valence electrons. The minimum absolute atomic E-state index is 0.147. The number of anilines is 1. The number of aryl methyl sites for hydroxylation is 1. The Morgan fingerprint density at radius 2 is 1.45 bits per heavy atom. The number of hydrogen-bond acceptors (Lipinski definition) is 7. The van der Waals surface area contributed by atoms with Gasteiger partial charge < -0.3 is 24.0 Å². The van der Waals surface area contributed by atoms with Crippen LogP contribution in [0, 0.1) is 5.41 Å². The molecule has 1 spiro atoms. The van der Waals surface area contributed by atoms with E-state index in [0.717, 1.165) is 66.9 Å². The van der Waals surface area contributed by atoms with Crippen molar-refractivity contribution in [2.24, 2.45) is 12.5 Å². The molecule has 5 aromatic rings. The molecule has 49 heavy (non-hydrogen) atoms. The molecule has 4 heterocycles. The van der Waals surface area contributed by atoms with Gasteiger partial charge in [-0.05, 0) is 69.0 Å². The fourth-order valence-electron chi connectivity index (χ4n) is 6.76. The molecule has 3 aromatic carbocycles. The third-order valence-electron chi connectivity index (χ3n) is 9.44. The molecule has 0 bridgehead atoms. The number of carbonyl (C=O) groups excluding carboxylic acids is 1. The molecule has 0 N–H and O–H groups in total. The summed E-state index contributed by atoms with van der Waals surface area (Å²) in [5.41, 5.74) is 4.69.